The lowest BCUT2D eigenvalue weighted by Gasteiger charge is -2.48. The molecule has 1 aliphatic carbocycles. The predicted octanol–water partition coefficient (Wildman–Crippen LogP) is 4.70. The third-order valence-electron chi connectivity index (χ3n) is 5.61. The largest absolute Gasteiger partial charge is 0.497 e. The lowest BCUT2D eigenvalue weighted by molar-refractivity contribution is -0.0475. The highest BCUT2D eigenvalue weighted by Crippen LogP contribution is 2.49. The van der Waals surface area contributed by atoms with Crippen LogP contribution in [0.15, 0.2) is 54.6 Å². The Bertz CT molecular complexity index is 644. The Hall–Kier alpha value is -1.80. The van der Waals surface area contributed by atoms with Crippen LogP contribution in [0.25, 0.3) is 0 Å². The molecule has 2 nitrogen and oxygen atoms in total. The normalized spacial score (nSPS) is 19.8. The quantitative estimate of drug-likeness (QED) is 0.887. The molecule has 1 atom stereocenters. The van der Waals surface area contributed by atoms with Gasteiger partial charge in [-0.2, -0.15) is 0 Å². The van der Waals surface area contributed by atoms with E-state index < -0.39 is 11.0 Å². The summed E-state index contributed by atoms with van der Waals surface area (Å²) < 4.78 is 5.42. The molecule has 0 aliphatic heterocycles. The van der Waals surface area contributed by atoms with E-state index in [1.165, 1.54) is 6.42 Å². The molecule has 0 heterocycles. The number of ether oxygens (including phenoxy) is 1. The van der Waals surface area contributed by atoms with Gasteiger partial charge in [0.05, 0.1) is 12.7 Å². The summed E-state index contributed by atoms with van der Waals surface area (Å²) >= 11 is 0. The fourth-order valence-corrected chi connectivity index (χ4v) is 4.05. The molecule has 2 aromatic carbocycles. The highest BCUT2D eigenvalue weighted by molar-refractivity contribution is 5.45. The van der Waals surface area contributed by atoms with Crippen LogP contribution in [0, 0.1) is 0 Å². The first-order chi connectivity index (χ1) is 11.1. The molecule has 2 aromatic rings. The second-order valence-electron chi connectivity index (χ2n) is 6.82. The molecule has 1 saturated carbocycles. The molecule has 0 amide bonds. The number of benzene rings is 2. The first-order valence-electron chi connectivity index (χ1n) is 8.53. The Morgan fingerprint density at radius 3 is 2.22 bits per heavy atom. The zero-order valence-corrected chi connectivity index (χ0v) is 14.1. The zero-order chi connectivity index (χ0) is 16.3. The third kappa shape index (κ3) is 2.76. The highest BCUT2D eigenvalue weighted by atomic mass is 16.5. The standard InChI is InChI=1S/C21H26O2/c1-20(17-10-5-3-6-11-17,21(22)14-7-4-8-15-21)18-12-9-13-19(16-18)23-2/h3,5-6,9-13,16,22H,4,7-8,14-15H2,1-2H3. The molecular weight excluding hydrogens is 284 g/mol. The minimum absolute atomic E-state index is 0.441. The summed E-state index contributed by atoms with van der Waals surface area (Å²) in [5.41, 5.74) is 1.12. The second-order valence-corrected chi connectivity index (χ2v) is 6.82. The Morgan fingerprint density at radius 2 is 1.57 bits per heavy atom. The Morgan fingerprint density at radius 1 is 0.913 bits per heavy atom. The fourth-order valence-electron chi connectivity index (χ4n) is 4.05. The number of hydrogen-bond donors (Lipinski definition) is 1. The molecule has 0 bridgehead atoms. The van der Waals surface area contributed by atoms with Crippen molar-refractivity contribution in [3.63, 3.8) is 0 Å². The van der Waals surface area contributed by atoms with Crippen LogP contribution in [-0.2, 0) is 5.41 Å². The molecular formula is C21H26O2. The number of aliphatic hydroxyl groups is 1. The van der Waals surface area contributed by atoms with E-state index >= 15 is 0 Å². The van der Waals surface area contributed by atoms with Crippen molar-refractivity contribution in [3.8, 4) is 5.75 Å². The van der Waals surface area contributed by atoms with Crippen molar-refractivity contribution < 1.29 is 9.84 Å². The van der Waals surface area contributed by atoms with Gasteiger partial charge in [-0.25, -0.2) is 0 Å². The van der Waals surface area contributed by atoms with Crippen molar-refractivity contribution in [3.05, 3.63) is 65.7 Å². The van der Waals surface area contributed by atoms with Crippen molar-refractivity contribution in [1.29, 1.82) is 0 Å². The molecule has 0 aromatic heterocycles. The second kappa shape index (κ2) is 6.37. The Labute approximate surface area is 139 Å². The van der Waals surface area contributed by atoms with Crippen molar-refractivity contribution in [2.24, 2.45) is 0 Å². The van der Waals surface area contributed by atoms with Gasteiger partial charge in [0.2, 0.25) is 0 Å². The molecule has 1 fully saturated rings. The monoisotopic (exact) mass is 310 g/mol. The van der Waals surface area contributed by atoms with Crippen LogP contribution >= 0.6 is 0 Å². The first kappa shape index (κ1) is 16.1. The van der Waals surface area contributed by atoms with Gasteiger partial charge in [-0.1, -0.05) is 61.7 Å². The minimum Gasteiger partial charge on any atom is -0.497 e. The van der Waals surface area contributed by atoms with E-state index in [2.05, 4.69) is 43.3 Å². The number of hydrogen-bond acceptors (Lipinski definition) is 2. The van der Waals surface area contributed by atoms with Gasteiger partial charge in [-0.05, 0) is 43.0 Å². The topological polar surface area (TPSA) is 29.5 Å². The van der Waals surface area contributed by atoms with Crippen LogP contribution in [0.1, 0.15) is 50.2 Å². The van der Waals surface area contributed by atoms with Gasteiger partial charge >= 0.3 is 0 Å². The molecule has 1 aliphatic rings. The average molecular weight is 310 g/mol. The lowest BCUT2D eigenvalue weighted by Crippen LogP contribution is -2.51. The maximum atomic E-state index is 11.6. The molecule has 1 unspecified atom stereocenters. The number of methoxy groups -OCH3 is 1. The van der Waals surface area contributed by atoms with E-state index in [0.29, 0.717) is 0 Å². The van der Waals surface area contributed by atoms with Crippen LogP contribution < -0.4 is 4.74 Å². The summed E-state index contributed by atoms with van der Waals surface area (Å²) in [6.45, 7) is 2.18. The summed E-state index contributed by atoms with van der Waals surface area (Å²) in [7, 11) is 1.69. The summed E-state index contributed by atoms with van der Waals surface area (Å²) in [4.78, 5) is 0. The van der Waals surface area contributed by atoms with Crippen LogP contribution in [0.4, 0.5) is 0 Å². The molecule has 0 radical (unpaired) electrons. The van der Waals surface area contributed by atoms with Gasteiger partial charge in [0.25, 0.3) is 0 Å². The summed E-state index contributed by atoms with van der Waals surface area (Å²) in [5, 5.41) is 11.6. The maximum Gasteiger partial charge on any atom is 0.119 e. The van der Waals surface area contributed by atoms with E-state index in [0.717, 1.165) is 42.6 Å². The molecule has 0 spiro atoms. The smallest absolute Gasteiger partial charge is 0.119 e. The van der Waals surface area contributed by atoms with Crippen LogP contribution in [-0.4, -0.2) is 17.8 Å². The van der Waals surface area contributed by atoms with Crippen LogP contribution in [0.3, 0.4) is 0 Å². The summed E-state index contributed by atoms with van der Waals surface area (Å²) in [6.07, 6.45) is 5.07. The van der Waals surface area contributed by atoms with Crippen molar-refractivity contribution in [2.45, 2.75) is 50.0 Å². The Balaban J connectivity index is 2.17. The van der Waals surface area contributed by atoms with Crippen molar-refractivity contribution in [1.82, 2.24) is 0 Å². The van der Waals surface area contributed by atoms with E-state index in [1.54, 1.807) is 7.11 Å². The fraction of sp³-hybridized carbons (Fsp3) is 0.429. The SMILES string of the molecule is COc1cccc(C(C)(c2ccccc2)C2(O)CCCCC2)c1. The molecule has 122 valence electrons. The summed E-state index contributed by atoms with van der Waals surface area (Å²) in [5.74, 6) is 0.837. The van der Waals surface area contributed by atoms with E-state index in [4.69, 9.17) is 4.74 Å². The first-order valence-corrected chi connectivity index (χ1v) is 8.53. The zero-order valence-electron chi connectivity index (χ0n) is 14.1. The molecule has 2 heteroatoms. The van der Waals surface area contributed by atoms with Gasteiger partial charge in [0.1, 0.15) is 5.75 Å². The van der Waals surface area contributed by atoms with Crippen molar-refractivity contribution >= 4 is 0 Å². The average Bonchev–Trinajstić information content (AvgIpc) is 2.62. The summed E-state index contributed by atoms with van der Waals surface area (Å²) in [6, 6.07) is 18.6. The van der Waals surface area contributed by atoms with E-state index in [-0.39, 0.29) is 0 Å². The lowest BCUT2D eigenvalue weighted by atomic mass is 9.59. The van der Waals surface area contributed by atoms with Crippen molar-refractivity contribution in [2.75, 3.05) is 7.11 Å². The molecule has 23 heavy (non-hydrogen) atoms. The Kier molecular flexibility index (Phi) is 4.45. The maximum absolute atomic E-state index is 11.6. The van der Waals surface area contributed by atoms with Gasteiger partial charge in [0.15, 0.2) is 0 Å². The van der Waals surface area contributed by atoms with Crippen LogP contribution in [0.5, 0.6) is 5.75 Å². The van der Waals surface area contributed by atoms with Gasteiger partial charge in [-0.3, -0.25) is 0 Å². The van der Waals surface area contributed by atoms with Gasteiger partial charge in [-0.15, -0.1) is 0 Å². The predicted molar refractivity (Wildman–Crippen MR) is 93.9 cm³/mol. The van der Waals surface area contributed by atoms with Gasteiger partial charge in [0, 0.05) is 5.41 Å². The molecule has 1 N–H and O–H groups in total. The van der Waals surface area contributed by atoms with E-state index in [9.17, 15) is 5.11 Å². The highest BCUT2D eigenvalue weighted by Gasteiger charge is 2.49. The van der Waals surface area contributed by atoms with E-state index in [1.807, 2.05) is 18.2 Å². The minimum atomic E-state index is -0.723. The number of rotatable bonds is 4. The van der Waals surface area contributed by atoms with Crippen LogP contribution in [0.2, 0.25) is 0 Å². The third-order valence-corrected chi connectivity index (χ3v) is 5.61. The molecule has 3 rings (SSSR count). The molecule has 0 saturated heterocycles. The van der Waals surface area contributed by atoms with Gasteiger partial charge < -0.3 is 9.84 Å².